The molecule has 0 spiro atoms. The molecule has 0 aliphatic rings. The zero-order valence-electron chi connectivity index (χ0n) is 14.3. The number of benzene rings is 2. The van der Waals surface area contributed by atoms with Gasteiger partial charge in [-0.05, 0) is 43.3 Å². The first-order valence-electron chi connectivity index (χ1n) is 7.91. The molecule has 0 aliphatic heterocycles. The van der Waals surface area contributed by atoms with Gasteiger partial charge in [-0.25, -0.2) is 17.8 Å². The van der Waals surface area contributed by atoms with Crippen LogP contribution < -0.4 is 10.3 Å². The lowest BCUT2D eigenvalue weighted by Gasteiger charge is -2.08. The molecule has 27 heavy (non-hydrogen) atoms. The van der Waals surface area contributed by atoms with Crippen molar-refractivity contribution < 1.29 is 17.6 Å². The molecule has 0 aliphatic carbocycles. The number of halogens is 1. The summed E-state index contributed by atoms with van der Waals surface area (Å²) < 4.78 is 37.3. The van der Waals surface area contributed by atoms with Gasteiger partial charge in [0.2, 0.25) is 5.91 Å². The number of aryl methyl sites for hydroxylation is 1. The third-order valence-electron chi connectivity index (χ3n) is 3.64. The smallest absolute Gasteiger partial charge is 0.257 e. The monoisotopic (exact) mass is 405 g/mol. The fourth-order valence-electron chi connectivity index (χ4n) is 2.22. The highest BCUT2D eigenvalue weighted by atomic mass is 32.2. The van der Waals surface area contributed by atoms with Crippen molar-refractivity contribution >= 4 is 27.3 Å². The van der Waals surface area contributed by atoms with Crippen molar-refractivity contribution in [3.63, 3.8) is 0 Å². The average Bonchev–Trinajstić information content (AvgIpc) is 3.09. The first kappa shape index (κ1) is 19.2. The van der Waals surface area contributed by atoms with Crippen LogP contribution in [0.2, 0.25) is 0 Å². The number of carbonyl (C=O) groups excluding carboxylic acids is 1. The van der Waals surface area contributed by atoms with E-state index in [1.807, 2.05) is 6.92 Å². The van der Waals surface area contributed by atoms with Gasteiger partial charge in [-0.15, -0.1) is 16.2 Å². The Balaban J connectivity index is 1.59. The summed E-state index contributed by atoms with van der Waals surface area (Å²) in [5, 5.41) is 2.35. The van der Waals surface area contributed by atoms with Gasteiger partial charge in [0.05, 0.1) is 17.0 Å². The number of hydrogen-bond donors (Lipinski definition) is 2. The number of carbonyl (C=O) groups is 1. The van der Waals surface area contributed by atoms with Gasteiger partial charge in [0.1, 0.15) is 10.8 Å². The summed E-state index contributed by atoms with van der Waals surface area (Å²) in [6.07, 6.45) is -0.0892. The van der Waals surface area contributed by atoms with Crippen LogP contribution in [0, 0.1) is 12.7 Å². The Morgan fingerprint density at radius 1 is 1.11 bits per heavy atom. The molecule has 0 radical (unpaired) electrons. The lowest BCUT2D eigenvalue weighted by Crippen LogP contribution is -2.42. The van der Waals surface area contributed by atoms with Gasteiger partial charge in [-0.3, -0.25) is 10.2 Å². The molecule has 0 bridgehead atoms. The summed E-state index contributed by atoms with van der Waals surface area (Å²) in [6, 6.07) is 12.1. The maximum Gasteiger partial charge on any atom is 0.257 e. The van der Waals surface area contributed by atoms with Crippen LogP contribution in [0.4, 0.5) is 4.39 Å². The highest BCUT2D eigenvalue weighted by Crippen LogP contribution is 2.24. The van der Waals surface area contributed by atoms with Gasteiger partial charge in [-0.1, -0.05) is 17.7 Å². The molecule has 0 atom stereocenters. The highest BCUT2D eigenvalue weighted by molar-refractivity contribution is 7.89. The van der Waals surface area contributed by atoms with Gasteiger partial charge in [0, 0.05) is 10.9 Å². The summed E-state index contributed by atoms with van der Waals surface area (Å²) in [7, 11) is -3.84. The molecule has 2 aromatic carbocycles. The van der Waals surface area contributed by atoms with Crippen LogP contribution in [0.15, 0.2) is 58.8 Å². The van der Waals surface area contributed by atoms with E-state index < -0.39 is 15.9 Å². The van der Waals surface area contributed by atoms with Crippen molar-refractivity contribution in [2.24, 2.45) is 0 Å². The van der Waals surface area contributed by atoms with Gasteiger partial charge in [-0.2, -0.15) is 0 Å². The maximum absolute atomic E-state index is 13.0. The van der Waals surface area contributed by atoms with Crippen LogP contribution in [0.3, 0.4) is 0 Å². The summed E-state index contributed by atoms with van der Waals surface area (Å²) in [5.74, 6) is -0.877. The number of sulfonamides is 1. The predicted molar refractivity (Wildman–Crippen MR) is 101 cm³/mol. The molecule has 9 heteroatoms. The van der Waals surface area contributed by atoms with Crippen molar-refractivity contribution in [1.82, 2.24) is 15.2 Å². The minimum absolute atomic E-state index is 0.0562. The summed E-state index contributed by atoms with van der Waals surface area (Å²) >= 11 is 1.32. The van der Waals surface area contributed by atoms with Crippen LogP contribution in [-0.2, 0) is 21.2 Å². The van der Waals surface area contributed by atoms with E-state index in [0.29, 0.717) is 10.7 Å². The second kappa shape index (κ2) is 7.95. The van der Waals surface area contributed by atoms with E-state index in [9.17, 15) is 17.6 Å². The minimum Gasteiger partial charge on any atom is -0.277 e. The molecule has 3 aromatic rings. The Labute approximate surface area is 160 Å². The number of nitrogens with zero attached hydrogens (tertiary/aromatic N) is 1. The number of amides is 1. The standard InChI is InChI=1S/C18H16FN3O3S2/c1-12-2-8-16(9-3-12)27(24,25)22-21-17(23)10-15-11-26-18(20-15)13-4-6-14(19)7-5-13/h2-9,11,22H,10H2,1H3,(H,21,23). The van der Waals surface area contributed by atoms with Crippen LogP contribution >= 0.6 is 11.3 Å². The Morgan fingerprint density at radius 3 is 2.44 bits per heavy atom. The highest BCUT2D eigenvalue weighted by Gasteiger charge is 2.16. The van der Waals surface area contributed by atoms with E-state index >= 15 is 0 Å². The molecule has 0 unspecified atom stereocenters. The van der Waals surface area contributed by atoms with Crippen molar-refractivity contribution in [1.29, 1.82) is 0 Å². The van der Waals surface area contributed by atoms with E-state index in [4.69, 9.17) is 0 Å². The van der Waals surface area contributed by atoms with Crippen molar-refractivity contribution in [2.45, 2.75) is 18.2 Å². The number of hydrogen-bond acceptors (Lipinski definition) is 5. The Hall–Kier alpha value is -2.62. The van der Waals surface area contributed by atoms with E-state index in [-0.39, 0.29) is 17.1 Å². The third-order valence-corrected chi connectivity index (χ3v) is 5.84. The van der Waals surface area contributed by atoms with Crippen molar-refractivity contribution in [3.05, 3.63) is 71.0 Å². The van der Waals surface area contributed by atoms with Crippen LogP contribution in [0.5, 0.6) is 0 Å². The average molecular weight is 405 g/mol. The number of nitrogens with one attached hydrogen (secondary N) is 2. The zero-order chi connectivity index (χ0) is 19.4. The SMILES string of the molecule is Cc1ccc(S(=O)(=O)NNC(=O)Cc2csc(-c3ccc(F)cc3)n2)cc1. The second-order valence-electron chi connectivity index (χ2n) is 5.79. The second-order valence-corrected chi connectivity index (χ2v) is 8.33. The summed E-state index contributed by atoms with van der Waals surface area (Å²) in [6.45, 7) is 1.85. The number of hydrazine groups is 1. The van der Waals surface area contributed by atoms with E-state index in [1.165, 1.54) is 35.6 Å². The quantitative estimate of drug-likeness (QED) is 0.618. The summed E-state index contributed by atoms with van der Waals surface area (Å²) in [4.78, 5) is 18.5. The lowest BCUT2D eigenvalue weighted by molar-refractivity contribution is -0.120. The largest absolute Gasteiger partial charge is 0.277 e. The maximum atomic E-state index is 13.0. The van der Waals surface area contributed by atoms with E-state index in [0.717, 1.165) is 11.1 Å². The predicted octanol–water partition coefficient (Wildman–Crippen LogP) is 2.81. The molecule has 6 nitrogen and oxygen atoms in total. The topological polar surface area (TPSA) is 88.2 Å². The fourth-order valence-corrected chi connectivity index (χ4v) is 3.91. The molecular formula is C18H16FN3O3S2. The molecule has 0 saturated carbocycles. The van der Waals surface area contributed by atoms with Gasteiger partial charge >= 0.3 is 0 Å². The zero-order valence-corrected chi connectivity index (χ0v) is 15.9. The Kier molecular flexibility index (Phi) is 5.64. The molecule has 140 valence electrons. The Bertz CT molecular complexity index is 1050. The minimum atomic E-state index is -3.84. The molecule has 0 fully saturated rings. The molecule has 1 aromatic heterocycles. The van der Waals surface area contributed by atoms with Crippen molar-refractivity contribution in [3.8, 4) is 10.6 Å². The molecular weight excluding hydrogens is 389 g/mol. The molecule has 1 heterocycles. The van der Waals surface area contributed by atoms with Crippen LogP contribution in [-0.4, -0.2) is 19.3 Å². The van der Waals surface area contributed by atoms with E-state index in [1.54, 1.807) is 29.6 Å². The van der Waals surface area contributed by atoms with Crippen molar-refractivity contribution in [2.75, 3.05) is 0 Å². The first-order chi connectivity index (χ1) is 12.8. The third kappa shape index (κ3) is 4.97. The van der Waals surface area contributed by atoms with Gasteiger partial charge < -0.3 is 0 Å². The normalized spacial score (nSPS) is 11.3. The summed E-state index contributed by atoms with van der Waals surface area (Å²) in [5.41, 5.74) is 4.34. The first-order valence-corrected chi connectivity index (χ1v) is 10.3. The molecule has 2 N–H and O–H groups in total. The van der Waals surface area contributed by atoms with Crippen LogP contribution in [0.25, 0.3) is 10.6 Å². The number of rotatable bonds is 6. The number of aromatic nitrogens is 1. The Morgan fingerprint density at radius 2 is 1.78 bits per heavy atom. The fraction of sp³-hybridized carbons (Fsp3) is 0.111. The van der Waals surface area contributed by atoms with Gasteiger partial charge in [0.15, 0.2) is 0 Å². The van der Waals surface area contributed by atoms with E-state index in [2.05, 4.69) is 15.2 Å². The molecule has 0 saturated heterocycles. The molecule has 3 rings (SSSR count). The molecule has 1 amide bonds. The lowest BCUT2D eigenvalue weighted by atomic mass is 10.2. The van der Waals surface area contributed by atoms with Gasteiger partial charge in [0.25, 0.3) is 10.0 Å². The van der Waals surface area contributed by atoms with Crippen LogP contribution in [0.1, 0.15) is 11.3 Å². The number of thiazole rings is 1.